The Morgan fingerprint density at radius 3 is 2.37 bits per heavy atom. The standard InChI is InChI=1S/C15H24BrNO2/c1-10(2)13(9-18)15(17(3)4)12-8-11(16)6-7-14(12)19-5/h6-8,10,13,15,18H,9H2,1-5H3. The summed E-state index contributed by atoms with van der Waals surface area (Å²) in [5.41, 5.74) is 1.11. The highest BCUT2D eigenvalue weighted by molar-refractivity contribution is 9.10. The van der Waals surface area contributed by atoms with Crippen LogP contribution in [-0.4, -0.2) is 37.8 Å². The van der Waals surface area contributed by atoms with Crippen LogP contribution in [-0.2, 0) is 0 Å². The van der Waals surface area contributed by atoms with E-state index in [-0.39, 0.29) is 18.6 Å². The van der Waals surface area contributed by atoms with Gasteiger partial charge in [-0.2, -0.15) is 0 Å². The van der Waals surface area contributed by atoms with Gasteiger partial charge in [-0.1, -0.05) is 29.8 Å². The molecule has 3 nitrogen and oxygen atoms in total. The fraction of sp³-hybridized carbons (Fsp3) is 0.600. The molecule has 108 valence electrons. The Morgan fingerprint density at radius 1 is 1.32 bits per heavy atom. The summed E-state index contributed by atoms with van der Waals surface area (Å²) in [7, 11) is 5.76. The Morgan fingerprint density at radius 2 is 1.95 bits per heavy atom. The lowest BCUT2D eigenvalue weighted by Gasteiger charge is -2.35. The normalized spacial score (nSPS) is 14.8. The zero-order chi connectivity index (χ0) is 14.6. The predicted octanol–water partition coefficient (Wildman–Crippen LogP) is 3.32. The van der Waals surface area contributed by atoms with E-state index in [1.807, 2.05) is 26.2 Å². The molecule has 0 fully saturated rings. The molecule has 0 spiro atoms. The van der Waals surface area contributed by atoms with Crippen molar-refractivity contribution in [3.05, 3.63) is 28.2 Å². The van der Waals surface area contributed by atoms with Gasteiger partial charge >= 0.3 is 0 Å². The number of hydrogen-bond donors (Lipinski definition) is 1. The number of aliphatic hydroxyl groups excluding tert-OH is 1. The van der Waals surface area contributed by atoms with Gasteiger partial charge in [0.15, 0.2) is 0 Å². The van der Waals surface area contributed by atoms with Crippen LogP contribution in [0.25, 0.3) is 0 Å². The third kappa shape index (κ3) is 3.94. The van der Waals surface area contributed by atoms with Crippen molar-refractivity contribution >= 4 is 15.9 Å². The second-order valence-electron chi connectivity index (χ2n) is 5.39. The molecule has 0 amide bonds. The van der Waals surface area contributed by atoms with E-state index in [0.29, 0.717) is 5.92 Å². The number of aliphatic hydroxyl groups is 1. The number of benzene rings is 1. The molecule has 1 N–H and O–H groups in total. The molecule has 0 saturated carbocycles. The van der Waals surface area contributed by atoms with Crippen LogP contribution in [0.15, 0.2) is 22.7 Å². The van der Waals surface area contributed by atoms with E-state index in [1.165, 1.54) is 0 Å². The monoisotopic (exact) mass is 329 g/mol. The van der Waals surface area contributed by atoms with Crippen molar-refractivity contribution in [2.24, 2.45) is 11.8 Å². The van der Waals surface area contributed by atoms with Gasteiger partial charge in [0.05, 0.1) is 7.11 Å². The van der Waals surface area contributed by atoms with Crippen LogP contribution in [0.1, 0.15) is 25.5 Å². The van der Waals surface area contributed by atoms with Crippen molar-refractivity contribution in [1.29, 1.82) is 0 Å². The van der Waals surface area contributed by atoms with Crippen LogP contribution in [0.5, 0.6) is 5.75 Å². The maximum atomic E-state index is 9.73. The first-order chi connectivity index (χ1) is 8.92. The summed E-state index contributed by atoms with van der Waals surface area (Å²) in [5.74, 6) is 1.42. The topological polar surface area (TPSA) is 32.7 Å². The quantitative estimate of drug-likeness (QED) is 0.868. The van der Waals surface area contributed by atoms with E-state index in [4.69, 9.17) is 4.74 Å². The molecule has 0 aliphatic rings. The van der Waals surface area contributed by atoms with E-state index in [9.17, 15) is 5.11 Å². The van der Waals surface area contributed by atoms with E-state index in [1.54, 1.807) is 7.11 Å². The summed E-state index contributed by atoms with van der Waals surface area (Å²) in [6.45, 7) is 4.44. The van der Waals surface area contributed by atoms with Crippen molar-refractivity contribution in [3.8, 4) is 5.75 Å². The average molecular weight is 330 g/mol. The number of hydrogen-bond acceptors (Lipinski definition) is 3. The Balaban J connectivity index is 3.29. The van der Waals surface area contributed by atoms with Gasteiger partial charge in [0.25, 0.3) is 0 Å². The van der Waals surface area contributed by atoms with Crippen LogP contribution in [0.4, 0.5) is 0 Å². The number of halogens is 1. The Labute approximate surface area is 124 Å². The lowest BCUT2D eigenvalue weighted by molar-refractivity contribution is 0.0985. The molecule has 2 unspecified atom stereocenters. The molecular formula is C15H24BrNO2. The predicted molar refractivity (Wildman–Crippen MR) is 82.5 cm³/mol. The van der Waals surface area contributed by atoms with Gasteiger partial charge in [-0.15, -0.1) is 0 Å². The molecule has 0 aromatic heterocycles. The molecule has 1 aromatic carbocycles. The zero-order valence-electron chi connectivity index (χ0n) is 12.4. The lowest BCUT2D eigenvalue weighted by atomic mass is 9.84. The smallest absolute Gasteiger partial charge is 0.123 e. The van der Waals surface area contributed by atoms with Crippen molar-refractivity contribution in [2.45, 2.75) is 19.9 Å². The van der Waals surface area contributed by atoms with E-state index in [0.717, 1.165) is 15.8 Å². The highest BCUT2D eigenvalue weighted by Gasteiger charge is 2.29. The van der Waals surface area contributed by atoms with Crippen molar-refractivity contribution in [3.63, 3.8) is 0 Å². The molecule has 0 bridgehead atoms. The highest BCUT2D eigenvalue weighted by atomic mass is 79.9. The molecule has 19 heavy (non-hydrogen) atoms. The van der Waals surface area contributed by atoms with Gasteiger partial charge in [0, 0.05) is 28.6 Å². The average Bonchev–Trinajstić information content (AvgIpc) is 2.34. The minimum absolute atomic E-state index is 0.123. The molecular weight excluding hydrogens is 306 g/mol. The van der Waals surface area contributed by atoms with Crippen molar-refractivity contribution in [1.82, 2.24) is 4.90 Å². The molecule has 1 rings (SSSR count). The third-order valence-corrected chi connectivity index (χ3v) is 4.03. The second-order valence-corrected chi connectivity index (χ2v) is 6.30. The van der Waals surface area contributed by atoms with Crippen molar-refractivity contribution < 1.29 is 9.84 Å². The van der Waals surface area contributed by atoms with Crippen molar-refractivity contribution in [2.75, 3.05) is 27.8 Å². The van der Waals surface area contributed by atoms with Crippen LogP contribution >= 0.6 is 15.9 Å². The SMILES string of the molecule is COc1ccc(Br)cc1C(C(CO)C(C)C)N(C)C. The minimum Gasteiger partial charge on any atom is -0.496 e. The molecule has 0 aliphatic carbocycles. The van der Waals surface area contributed by atoms with Gasteiger partial charge in [-0.25, -0.2) is 0 Å². The van der Waals surface area contributed by atoms with Crippen LogP contribution in [0.3, 0.4) is 0 Å². The van der Waals surface area contributed by atoms with Gasteiger partial charge in [0.1, 0.15) is 5.75 Å². The molecule has 0 aliphatic heterocycles. The van der Waals surface area contributed by atoms with E-state index < -0.39 is 0 Å². The summed E-state index contributed by atoms with van der Waals surface area (Å²) in [6, 6.07) is 6.13. The molecule has 0 heterocycles. The maximum Gasteiger partial charge on any atom is 0.123 e. The Bertz CT molecular complexity index is 407. The minimum atomic E-state index is 0.123. The van der Waals surface area contributed by atoms with Crippen LogP contribution in [0, 0.1) is 11.8 Å². The number of ether oxygens (including phenoxy) is 1. The Kier molecular flexibility index (Phi) is 6.30. The number of rotatable bonds is 6. The van der Waals surface area contributed by atoms with Crippen LogP contribution < -0.4 is 4.74 Å². The van der Waals surface area contributed by atoms with Gasteiger partial charge in [-0.3, -0.25) is 0 Å². The summed E-state index contributed by atoms with van der Waals surface area (Å²) in [4.78, 5) is 2.14. The molecule has 1 aromatic rings. The van der Waals surface area contributed by atoms with Gasteiger partial charge in [0.2, 0.25) is 0 Å². The summed E-state index contributed by atoms with van der Waals surface area (Å²) in [6.07, 6.45) is 0. The largest absolute Gasteiger partial charge is 0.496 e. The van der Waals surface area contributed by atoms with E-state index >= 15 is 0 Å². The molecule has 4 heteroatoms. The molecule has 0 saturated heterocycles. The highest BCUT2D eigenvalue weighted by Crippen LogP contribution is 2.38. The fourth-order valence-electron chi connectivity index (χ4n) is 2.50. The first-order valence-electron chi connectivity index (χ1n) is 6.53. The fourth-order valence-corrected chi connectivity index (χ4v) is 2.88. The third-order valence-electron chi connectivity index (χ3n) is 3.54. The number of methoxy groups -OCH3 is 1. The molecule has 2 atom stereocenters. The summed E-state index contributed by atoms with van der Waals surface area (Å²) >= 11 is 3.51. The van der Waals surface area contributed by atoms with Gasteiger partial charge < -0.3 is 14.7 Å². The van der Waals surface area contributed by atoms with E-state index in [2.05, 4.69) is 40.7 Å². The zero-order valence-corrected chi connectivity index (χ0v) is 13.9. The maximum absolute atomic E-state index is 9.73. The van der Waals surface area contributed by atoms with Crippen LogP contribution in [0.2, 0.25) is 0 Å². The Hall–Kier alpha value is -0.580. The summed E-state index contributed by atoms with van der Waals surface area (Å²) in [5, 5.41) is 9.73. The summed E-state index contributed by atoms with van der Waals surface area (Å²) < 4.78 is 6.50. The lowest BCUT2D eigenvalue weighted by Crippen LogP contribution is -2.33. The first kappa shape index (κ1) is 16.5. The molecule has 0 radical (unpaired) electrons. The first-order valence-corrected chi connectivity index (χ1v) is 7.32. The second kappa shape index (κ2) is 7.27. The van der Waals surface area contributed by atoms with Gasteiger partial charge in [-0.05, 0) is 38.2 Å². The number of nitrogens with zero attached hydrogens (tertiary/aromatic N) is 1.